The molecule has 4 radical (unpaired) electrons. The molecule has 0 aliphatic heterocycles. The molecule has 648 valence electrons. The van der Waals surface area contributed by atoms with Crippen LogP contribution in [0.4, 0.5) is 0 Å². The first kappa shape index (κ1) is 97.6. The van der Waals surface area contributed by atoms with Crippen LogP contribution in [0.3, 0.4) is 0 Å². The summed E-state index contributed by atoms with van der Waals surface area (Å²) in [4.78, 5) is 23.0. The molecule has 0 unspecified atom stereocenters. The predicted octanol–water partition coefficient (Wildman–Crippen LogP) is 24.8. The average Bonchev–Trinajstić information content (AvgIpc) is 1.70. The van der Waals surface area contributed by atoms with Crippen LogP contribution in [0.25, 0.3) is 103 Å². The molecule has 0 aliphatic rings. The van der Waals surface area contributed by atoms with E-state index >= 15 is 0 Å². The molecule has 19 heteroatoms. The van der Waals surface area contributed by atoms with Crippen molar-refractivity contribution in [2.24, 2.45) is 0 Å². The van der Waals surface area contributed by atoms with Gasteiger partial charge in [0.05, 0.1) is 24.6 Å². The third-order valence-corrected chi connectivity index (χ3v) is 22.6. The molecule has 15 nitrogen and oxygen atoms in total. The fourth-order valence-corrected chi connectivity index (χ4v) is 15.6. The number of imidazole rings is 3. The summed E-state index contributed by atoms with van der Waals surface area (Å²) >= 11 is 0. The number of aryl methyl sites for hydroxylation is 6. The number of hydrogen-bond acceptors (Lipinski definition) is 8. The zero-order chi connectivity index (χ0) is 85.7. The van der Waals surface area contributed by atoms with E-state index in [1.807, 2.05) is 168 Å². The van der Waals surface area contributed by atoms with Gasteiger partial charge < -0.3 is 27.6 Å². The molecule has 17 aromatic rings. The summed E-state index contributed by atoms with van der Waals surface area (Å²) in [6.45, 7) is 42.7. The van der Waals surface area contributed by atoms with E-state index in [1.165, 1.54) is 84.2 Å². The number of methoxy groups -OCH3 is 1. The van der Waals surface area contributed by atoms with Crippen molar-refractivity contribution >= 4 is 6.08 Å². The first-order valence-electron chi connectivity index (χ1n) is 41.4. The fourth-order valence-electron chi connectivity index (χ4n) is 15.6. The molecule has 7 heterocycles. The van der Waals surface area contributed by atoms with E-state index in [9.17, 15) is 0 Å². The third kappa shape index (κ3) is 21.7. The number of ether oxygens (including phenoxy) is 1. The fraction of sp³-hybridized carbons (Fsp3) is 0.217. The van der Waals surface area contributed by atoms with Gasteiger partial charge in [0.1, 0.15) is 17.4 Å². The zero-order valence-corrected chi connectivity index (χ0v) is 84.1. The van der Waals surface area contributed by atoms with Crippen LogP contribution in [0.1, 0.15) is 149 Å². The maximum atomic E-state index is 5.17. The van der Waals surface area contributed by atoms with Gasteiger partial charge in [-0.15, -0.1) is 132 Å². The van der Waals surface area contributed by atoms with Crippen molar-refractivity contribution in [3.8, 4) is 103 Å². The monoisotopic (exact) mass is 2360 g/mol. The van der Waals surface area contributed by atoms with Crippen LogP contribution in [0.5, 0.6) is 5.75 Å². The summed E-state index contributed by atoms with van der Waals surface area (Å²) < 4.78 is 20.0. The molecule has 7 aromatic heterocycles. The van der Waals surface area contributed by atoms with E-state index < -0.39 is 0 Å². The molecule has 0 amide bonds. The van der Waals surface area contributed by atoms with E-state index in [0.717, 1.165) is 127 Å². The average molecular weight is 2360 g/mol. The molecule has 10 aromatic carbocycles. The van der Waals surface area contributed by atoms with Gasteiger partial charge in [-0.05, 0) is 205 Å². The van der Waals surface area contributed by atoms with Gasteiger partial charge in [0.2, 0.25) is 0 Å². The Morgan fingerprint density at radius 1 is 0.384 bits per heavy atom. The van der Waals surface area contributed by atoms with Gasteiger partial charge in [-0.2, -0.15) is 34.5 Å². The van der Waals surface area contributed by atoms with Gasteiger partial charge in [0, 0.05) is 169 Å². The third-order valence-electron chi connectivity index (χ3n) is 22.6. The molecular formula is C106H107Ir4N14O-5. The Hall–Kier alpha value is -11.2. The summed E-state index contributed by atoms with van der Waals surface area (Å²) in [5, 5.41) is 9.35. The van der Waals surface area contributed by atoms with Gasteiger partial charge in [-0.25, -0.2) is 19.3 Å². The van der Waals surface area contributed by atoms with E-state index in [-0.39, 0.29) is 80.4 Å². The predicted molar refractivity (Wildman–Crippen MR) is 494 cm³/mol. The Balaban J connectivity index is 0.000000177. The molecule has 0 saturated carbocycles. The molecule has 0 N–H and O–H groups in total. The van der Waals surface area contributed by atoms with Crippen molar-refractivity contribution in [2.75, 3.05) is 7.11 Å². The SMILES string of the molecule is C=Cc1ccc(-c2nc(C)nn2-c2[c-]ccc(-n3c(C)c(C)c(C)c3C)c2)c(C)c1.CC(C)c1cccc(C(C)C)c1-n1ccnc1-c1[c-]cccc1.CCc1cccc(CC)c1-n1ccnc1-c1[c-]cccc1.COc1ccc(-n2ccnc2-c2[c-]cccc2)cc1.Cc1nc(-c2ccccc2C)n(-c2[c-]ccc(-n3c(C)c(C)c(C)c3C)c2)n1.[Ir].[Ir].[Ir].[Ir]. The molecule has 0 fully saturated rings. The van der Waals surface area contributed by atoms with Crippen molar-refractivity contribution in [1.82, 2.24) is 67.3 Å². The molecular weight excluding hydrogens is 2250 g/mol. The number of nitrogens with zero attached hydrogens (tertiary/aromatic N) is 14. The van der Waals surface area contributed by atoms with Gasteiger partial charge in [-0.3, -0.25) is 15.0 Å². The Morgan fingerprint density at radius 2 is 0.784 bits per heavy atom. The van der Waals surface area contributed by atoms with Crippen LogP contribution >= 0.6 is 0 Å². The second-order valence-electron chi connectivity index (χ2n) is 30.9. The molecule has 0 bridgehead atoms. The van der Waals surface area contributed by atoms with Crippen molar-refractivity contribution in [1.29, 1.82) is 0 Å². The Kier molecular flexibility index (Phi) is 34.8. The van der Waals surface area contributed by atoms with E-state index in [2.05, 4.69) is 300 Å². The van der Waals surface area contributed by atoms with Gasteiger partial charge >= 0.3 is 0 Å². The standard InChI is InChI=1S/C26H27N4.C24H25N4.C21H23N2.C19H19N2.C16H13N2O.4Ir/c1-8-22-12-13-25(16(2)14-22)26-27-21(7)28-30(26)24-11-9-10-23(15-24)29-19(5)17(3)18(4)20(29)6;1-15-10-7-8-13-23(15)24-25-20(6)26-28(24)22-12-9-11-21(14-22)27-18(4)16(2)17(3)19(27)5;1-15(2)18-11-8-12-19(16(3)4)20(18)23-14-13-22-21(23)17-9-6-5-7-10-17;1-3-15-11-8-12-16(4-2)18(15)21-14-13-20-19(21)17-9-6-5-7-10-17;1-19-15-9-7-14(8-10-15)18-12-11-17-16(18)13-5-3-2-4-6-13;;;;/h8-10,12-15H,1H2,2-7H3;7-11,13-14H,1-6H3;5-9,11-16H,1-4H3;5-9,11-14H,3-4H2,1-2H3;2-5,7-12H,1H3;;;;/q5*-1;;;;. The van der Waals surface area contributed by atoms with Crippen LogP contribution < -0.4 is 4.74 Å². The second kappa shape index (κ2) is 44.6. The van der Waals surface area contributed by atoms with Crippen LogP contribution in [0.2, 0.25) is 0 Å². The first-order valence-corrected chi connectivity index (χ1v) is 41.4. The minimum atomic E-state index is 0. The van der Waals surface area contributed by atoms with Crippen molar-refractivity contribution in [3.05, 3.63) is 382 Å². The van der Waals surface area contributed by atoms with Crippen molar-refractivity contribution in [2.45, 2.75) is 149 Å². The molecule has 17 rings (SSSR count). The molecule has 0 aliphatic carbocycles. The van der Waals surface area contributed by atoms with Crippen LogP contribution in [-0.4, -0.2) is 74.4 Å². The Bertz CT molecular complexity index is 6320. The van der Waals surface area contributed by atoms with E-state index in [0.29, 0.717) is 11.8 Å². The number of rotatable bonds is 18. The van der Waals surface area contributed by atoms with Crippen LogP contribution in [0.15, 0.2) is 256 Å². The topological polar surface area (TPSA) is 134 Å². The normalized spacial score (nSPS) is 10.7. The molecule has 0 atom stereocenters. The van der Waals surface area contributed by atoms with Crippen LogP contribution in [-0.2, 0) is 93.3 Å². The number of aromatic nitrogens is 14. The van der Waals surface area contributed by atoms with Gasteiger partial charge in [0.25, 0.3) is 0 Å². The molecule has 0 spiro atoms. The summed E-state index contributed by atoms with van der Waals surface area (Å²) in [5.41, 5.74) is 31.9. The summed E-state index contributed by atoms with van der Waals surface area (Å²) in [7, 11) is 1.66. The van der Waals surface area contributed by atoms with Crippen molar-refractivity contribution < 1.29 is 85.2 Å². The maximum Gasteiger partial charge on any atom is 0.161 e. The second-order valence-corrected chi connectivity index (χ2v) is 30.9. The minimum Gasteiger partial charge on any atom is -0.497 e. The largest absolute Gasteiger partial charge is 0.497 e. The van der Waals surface area contributed by atoms with E-state index in [4.69, 9.17) is 14.7 Å². The number of hydrogen-bond donors (Lipinski definition) is 0. The van der Waals surface area contributed by atoms with Gasteiger partial charge in [0.15, 0.2) is 11.6 Å². The molecule has 0 saturated heterocycles. The van der Waals surface area contributed by atoms with Gasteiger partial charge in [-0.1, -0.05) is 144 Å². The summed E-state index contributed by atoms with van der Waals surface area (Å²) in [6, 6.07) is 88.3. The number of para-hydroxylation sites is 2. The Labute approximate surface area is 792 Å². The van der Waals surface area contributed by atoms with Crippen molar-refractivity contribution in [3.63, 3.8) is 0 Å². The number of benzene rings is 10. The smallest absolute Gasteiger partial charge is 0.161 e. The Morgan fingerprint density at radius 3 is 1.18 bits per heavy atom. The maximum absolute atomic E-state index is 5.17. The summed E-state index contributed by atoms with van der Waals surface area (Å²) in [5.74, 6) is 7.68. The quantitative estimate of drug-likeness (QED) is 0.0776. The van der Waals surface area contributed by atoms with Crippen LogP contribution in [0, 0.1) is 113 Å². The van der Waals surface area contributed by atoms with E-state index in [1.54, 1.807) is 13.3 Å². The molecule has 125 heavy (non-hydrogen) atoms. The minimum absolute atomic E-state index is 0. The summed E-state index contributed by atoms with van der Waals surface area (Å²) in [6.07, 6.45) is 15.5. The first-order chi connectivity index (χ1) is 58.5. The zero-order valence-electron chi connectivity index (χ0n) is 74.5.